The van der Waals surface area contributed by atoms with Crippen molar-refractivity contribution in [3.05, 3.63) is 90.5 Å². The Hall–Kier alpha value is -3.18. The molecule has 0 fully saturated rings. The molecule has 0 saturated heterocycles. The van der Waals surface area contributed by atoms with Crippen LogP contribution in [0.1, 0.15) is 17.5 Å². The van der Waals surface area contributed by atoms with Gasteiger partial charge in [-0.15, -0.1) is 0 Å². The Bertz CT molecular complexity index is 857. The number of carbonyl (C=O) groups is 1. The summed E-state index contributed by atoms with van der Waals surface area (Å²) in [6.45, 7) is 1.95. The highest BCUT2D eigenvalue weighted by Crippen LogP contribution is 2.10. The van der Waals surface area contributed by atoms with Crippen molar-refractivity contribution >= 4 is 12.0 Å². The van der Waals surface area contributed by atoms with Crippen molar-refractivity contribution in [2.24, 2.45) is 0 Å². The largest absolute Gasteiger partial charge is 0.381 e. The average molecular weight is 375 g/mol. The second-order valence-corrected chi connectivity index (χ2v) is 6.39. The molecule has 0 atom stereocenters. The molecule has 0 unspecified atom stereocenters. The Balaban J connectivity index is 1.29. The Morgan fingerprint density at radius 3 is 2.64 bits per heavy atom. The summed E-state index contributed by atoms with van der Waals surface area (Å²) >= 11 is 0. The van der Waals surface area contributed by atoms with Crippen LogP contribution in [0.25, 0.3) is 11.8 Å². The highest BCUT2D eigenvalue weighted by atomic mass is 16.5. The lowest BCUT2D eigenvalue weighted by Crippen LogP contribution is -2.23. The Morgan fingerprint density at radius 1 is 1.07 bits per heavy atom. The Kier molecular flexibility index (Phi) is 7.58. The van der Waals surface area contributed by atoms with Gasteiger partial charge in [0.05, 0.1) is 12.9 Å². The molecule has 2 aromatic carbocycles. The molecule has 5 nitrogen and oxygen atoms in total. The molecule has 1 amide bonds. The lowest BCUT2D eigenvalue weighted by molar-refractivity contribution is -0.116. The van der Waals surface area contributed by atoms with Crippen molar-refractivity contribution in [1.82, 2.24) is 14.9 Å². The van der Waals surface area contributed by atoms with E-state index in [1.54, 1.807) is 18.6 Å². The van der Waals surface area contributed by atoms with Crippen molar-refractivity contribution in [2.75, 3.05) is 19.8 Å². The van der Waals surface area contributed by atoms with Crippen LogP contribution in [0.4, 0.5) is 0 Å². The number of benzene rings is 2. The minimum Gasteiger partial charge on any atom is -0.381 e. The molecule has 1 heterocycles. The second-order valence-electron chi connectivity index (χ2n) is 6.39. The summed E-state index contributed by atoms with van der Waals surface area (Å²) in [6.07, 6.45) is 10.5. The fraction of sp³-hybridized carbons (Fsp3) is 0.217. The lowest BCUT2D eigenvalue weighted by Gasteiger charge is -2.05. The lowest BCUT2D eigenvalue weighted by atomic mass is 10.2. The molecule has 0 spiro atoms. The quantitative estimate of drug-likeness (QED) is 0.435. The standard InChI is InChI=1S/C23H25N3O2/c27-23(25-14-4-17-28-18-13-20-5-2-1-3-6-20)12-9-21-7-10-22(11-8-21)26-16-15-24-19-26/h1-3,5-12,15-16,19H,4,13-14,17-18H2,(H,25,27)/b12-9+. The molecule has 144 valence electrons. The first-order chi connectivity index (χ1) is 13.8. The SMILES string of the molecule is O=C(/C=C/c1ccc(-n2ccnc2)cc1)NCCCOCCc1ccccc1. The molecule has 0 radical (unpaired) electrons. The number of amides is 1. The second kappa shape index (κ2) is 10.8. The van der Waals surface area contributed by atoms with Crippen LogP contribution in [0.3, 0.4) is 0 Å². The minimum absolute atomic E-state index is 0.0945. The predicted molar refractivity (Wildman–Crippen MR) is 111 cm³/mol. The monoisotopic (exact) mass is 375 g/mol. The maximum atomic E-state index is 11.9. The summed E-state index contributed by atoms with van der Waals surface area (Å²) in [5.41, 5.74) is 3.29. The highest BCUT2D eigenvalue weighted by Gasteiger charge is 1.98. The Morgan fingerprint density at radius 2 is 1.89 bits per heavy atom. The van der Waals surface area contributed by atoms with Gasteiger partial charge in [0.1, 0.15) is 0 Å². The molecule has 3 rings (SSSR count). The molecular formula is C23H25N3O2. The summed E-state index contributed by atoms with van der Waals surface area (Å²) in [6, 6.07) is 18.2. The maximum Gasteiger partial charge on any atom is 0.244 e. The van der Waals surface area contributed by atoms with Crippen LogP contribution in [0.2, 0.25) is 0 Å². The van der Waals surface area contributed by atoms with Gasteiger partial charge in [-0.25, -0.2) is 4.98 Å². The van der Waals surface area contributed by atoms with Crippen molar-refractivity contribution in [3.8, 4) is 5.69 Å². The van der Waals surface area contributed by atoms with E-state index in [1.165, 1.54) is 5.56 Å². The third-order valence-corrected chi connectivity index (χ3v) is 4.27. The van der Waals surface area contributed by atoms with Gasteiger partial charge in [0.2, 0.25) is 5.91 Å². The first-order valence-corrected chi connectivity index (χ1v) is 9.47. The van der Waals surface area contributed by atoms with E-state index in [2.05, 4.69) is 22.4 Å². The smallest absolute Gasteiger partial charge is 0.244 e. The Labute approximate surface area is 165 Å². The fourth-order valence-corrected chi connectivity index (χ4v) is 2.72. The van der Waals surface area contributed by atoms with Crippen molar-refractivity contribution in [3.63, 3.8) is 0 Å². The normalized spacial score (nSPS) is 11.0. The van der Waals surface area contributed by atoms with Gasteiger partial charge in [-0.1, -0.05) is 42.5 Å². The number of imidazole rings is 1. The summed E-state index contributed by atoms with van der Waals surface area (Å²) < 4.78 is 7.55. The highest BCUT2D eigenvalue weighted by molar-refractivity contribution is 5.91. The zero-order valence-corrected chi connectivity index (χ0v) is 15.8. The van der Waals surface area contributed by atoms with Gasteiger partial charge in [-0.2, -0.15) is 0 Å². The molecule has 3 aromatic rings. The molecule has 1 aromatic heterocycles. The van der Waals surface area contributed by atoms with E-state index in [1.807, 2.05) is 59.3 Å². The number of carbonyl (C=O) groups excluding carboxylic acids is 1. The van der Waals surface area contributed by atoms with Gasteiger partial charge >= 0.3 is 0 Å². The number of aromatic nitrogens is 2. The number of nitrogens with one attached hydrogen (secondary N) is 1. The van der Waals surface area contributed by atoms with E-state index in [0.717, 1.165) is 24.1 Å². The van der Waals surface area contributed by atoms with Crippen LogP contribution in [0, 0.1) is 0 Å². The van der Waals surface area contributed by atoms with E-state index in [0.29, 0.717) is 19.8 Å². The van der Waals surface area contributed by atoms with E-state index in [4.69, 9.17) is 4.74 Å². The summed E-state index contributed by atoms with van der Waals surface area (Å²) in [5.74, 6) is -0.0945. The molecule has 0 saturated carbocycles. The van der Waals surface area contributed by atoms with Crippen LogP contribution in [-0.2, 0) is 16.0 Å². The van der Waals surface area contributed by atoms with Crippen molar-refractivity contribution < 1.29 is 9.53 Å². The molecule has 0 bridgehead atoms. The first-order valence-electron chi connectivity index (χ1n) is 9.47. The maximum absolute atomic E-state index is 11.9. The molecular weight excluding hydrogens is 350 g/mol. The third kappa shape index (κ3) is 6.52. The van der Waals surface area contributed by atoms with Crippen LogP contribution >= 0.6 is 0 Å². The fourth-order valence-electron chi connectivity index (χ4n) is 2.72. The topological polar surface area (TPSA) is 56.2 Å². The molecule has 0 aliphatic rings. The minimum atomic E-state index is -0.0945. The van der Waals surface area contributed by atoms with Gasteiger partial charge in [0.15, 0.2) is 0 Å². The third-order valence-electron chi connectivity index (χ3n) is 4.27. The van der Waals surface area contributed by atoms with Gasteiger partial charge in [0, 0.05) is 37.3 Å². The molecule has 5 heteroatoms. The van der Waals surface area contributed by atoms with Crippen LogP contribution in [-0.4, -0.2) is 35.2 Å². The van der Waals surface area contributed by atoms with Crippen molar-refractivity contribution in [1.29, 1.82) is 0 Å². The zero-order chi connectivity index (χ0) is 19.4. The van der Waals surface area contributed by atoms with Gasteiger partial charge in [-0.3, -0.25) is 4.79 Å². The zero-order valence-electron chi connectivity index (χ0n) is 15.8. The molecule has 0 aliphatic carbocycles. The van der Waals surface area contributed by atoms with E-state index in [-0.39, 0.29) is 5.91 Å². The first kappa shape index (κ1) is 19.6. The van der Waals surface area contributed by atoms with Crippen LogP contribution in [0.5, 0.6) is 0 Å². The van der Waals surface area contributed by atoms with Crippen LogP contribution in [0.15, 0.2) is 79.4 Å². The molecule has 28 heavy (non-hydrogen) atoms. The number of nitrogens with zero attached hydrogens (tertiary/aromatic N) is 2. The summed E-state index contributed by atoms with van der Waals surface area (Å²) in [5, 5.41) is 2.88. The number of ether oxygens (including phenoxy) is 1. The van der Waals surface area contributed by atoms with E-state index in [9.17, 15) is 4.79 Å². The summed E-state index contributed by atoms with van der Waals surface area (Å²) in [7, 11) is 0. The van der Waals surface area contributed by atoms with Gasteiger partial charge in [0.25, 0.3) is 0 Å². The van der Waals surface area contributed by atoms with Crippen LogP contribution < -0.4 is 5.32 Å². The van der Waals surface area contributed by atoms with E-state index < -0.39 is 0 Å². The van der Waals surface area contributed by atoms with Crippen molar-refractivity contribution in [2.45, 2.75) is 12.8 Å². The van der Waals surface area contributed by atoms with Gasteiger partial charge in [-0.05, 0) is 42.2 Å². The predicted octanol–water partition coefficient (Wildman–Crippen LogP) is 3.65. The number of hydrogen-bond acceptors (Lipinski definition) is 3. The van der Waals surface area contributed by atoms with E-state index >= 15 is 0 Å². The van der Waals surface area contributed by atoms with Gasteiger partial charge < -0.3 is 14.6 Å². The molecule has 0 aliphatic heterocycles. The summed E-state index contributed by atoms with van der Waals surface area (Å²) in [4.78, 5) is 15.9. The number of rotatable bonds is 10. The number of hydrogen-bond donors (Lipinski definition) is 1. The average Bonchev–Trinajstić information content (AvgIpc) is 3.27. The molecule has 1 N–H and O–H groups in total.